The molecule has 5 rings (SSSR count). The number of benzene rings is 2. The number of nitrogens with zero attached hydrogens (tertiary/aromatic N) is 2. The molecule has 0 atom stereocenters. The zero-order valence-corrected chi connectivity index (χ0v) is 22.2. The van der Waals surface area contributed by atoms with Gasteiger partial charge in [-0.05, 0) is 55.3 Å². The number of thiophene rings is 1. The molecule has 0 unspecified atom stereocenters. The number of carbonyl (C=O) groups is 2. The highest BCUT2D eigenvalue weighted by atomic mass is 32.2. The molecule has 4 aromatic rings. The fourth-order valence-electron chi connectivity index (χ4n) is 4.21. The normalized spacial score (nSPS) is 13.1. The van der Waals surface area contributed by atoms with Crippen LogP contribution in [0.15, 0.2) is 53.4 Å². The summed E-state index contributed by atoms with van der Waals surface area (Å²) in [5.41, 5.74) is 4.48. The molecule has 2 aromatic heterocycles. The smallest absolute Gasteiger partial charge is 0.225 e. The van der Waals surface area contributed by atoms with Gasteiger partial charge in [0.1, 0.15) is 10.0 Å². The van der Waals surface area contributed by atoms with Crippen LogP contribution in [0, 0.1) is 6.92 Å². The molecule has 8 heteroatoms. The highest BCUT2D eigenvalue weighted by Crippen LogP contribution is 2.45. The molecule has 35 heavy (non-hydrogen) atoms. The first kappa shape index (κ1) is 24.0. The van der Waals surface area contributed by atoms with Crippen LogP contribution >= 0.6 is 34.4 Å². The van der Waals surface area contributed by atoms with Crippen molar-refractivity contribution in [2.45, 2.75) is 44.6 Å². The molecule has 0 fully saturated rings. The SMILES string of the molecule is CC(=O)N1CCc2c(sc(NC(=O)CCCSc3ccc(C)cc3)c2-c2nc3ccccc3s2)C1. The first-order chi connectivity index (χ1) is 17.0. The van der Waals surface area contributed by atoms with E-state index in [1.165, 1.54) is 16.0 Å². The first-order valence-corrected chi connectivity index (χ1v) is 14.3. The van der Waals surface area contributed by atoms with E-state index in [9.17, 15) is 9.59 Å². The van der Waals surface area contributed by atoms with Gasteiger partial charge in [-0.2, -0.15) is 0 Å². The lowest BCUT2D eigenvalue weighted by Crippen LogP contribution is -2.33. The molecule has 1 aliphatic rings. The molecular weight excluding hydrogens is 495 g/mol. The second-order valence-corrected chi connectivity index (χ2v) is 12.0. The summed E-state index contributed by atoms with van der Waals surface area (Å²) in [5, 5.41) is 4.99. The fraction of sp³-hybridized carbons (Fsp3) is 0.296. The molecule has 0 saturated heterocycles. The van der Waals surface area contributed by atoms with Crippen LogP contribution in [0.3, 0.4) is 0 Å². The zero-order chi connectivity index (χ0) is 24.4. The van der Waals surface area contributed by atoms with Gasteiger partial charge in [-0.15, -0.1) is 34.4 Å². The van der Waals surface area contributed by atoms with E-state index in [0.717, 1.165) is 49.3 Å². The molecule has 1 N–H and O–H groups in total. The summed E-state index contributed by atoms with van der Waals surface area (Å²) >= 11 is 5.03. The van der Waals surface area contributed by atoms with Gasteiger partial charge in [0.25, 0.3) is 0 Å². The van der Waals surface area contributed by atoms with Gasteiger partial charge in [0.2, 0.25) is 11.8 Å². The topological polar surface area (TPSA) is 62.3 Å². The average Bonchev–Trinajstić information content (AvgIpc) is 3.42. The van der Waals surface area contributed by atoms with Crippen LogP contribution in [0.2, 0.25) is 0 Å². The van der Waals surface area contributed by atoms with Gasteiger partial charge in [-0.3, -0.25) is 9.59 Å². The molecule has 2 amide bonds. The van der Waals surface area contributed by atoms with Gasteiger partial charge < -0.3 is 10.2 Å². The predicted molar refractivity (Wildman–Crippen MR) is 147 cm³/mol. The van der Waals surface area contributed by atoms with Gasteiger partial charge in [-0.25, -0.2) is 4.98 Å². The van der Waals surface area contributed by atoms with Crippen LogP contribution in [-0.4, -0.2) is 34.0 Å². The Kier molecular flexibility index (Phi) is 7.22. The summed E-state index contributed by atoms with van der Waals surface area (Å²) in [6, 6.07) is 16.6. The van der Waals surface area contributed by atoms with E-state index in [2.05, 4.69) is 42.6 Å². The van der Waals surface area contributed by atoms with Crippen molar-refractivity contribution >= 4 is 61.5 Å². The van der Waals surface area contributed by atoms with Crippen LogP contribution < -0.4 is 5.32 Å². The van der Waals surface area contributed by atoms with E-state index in [0.29, 0.717) is 19.5 Å². The Bertz CT molecular complexity index is 1340. The summed E-state index contributed by atoms with van der Waals surface area (Å²) in [6.45, 7) is 4.99. The number of aromatic nitrogens is 1. The molecule has 0 spiro atoms. The number of anilines is 1. The molecule has 3 heterocycles. The molecule has 1 aliphatic heterocycles. The Morgan fingerprint density at radius 1 is 1.11 bits per heavy atom. The quantitative estimate of drug-likeness (QED) is 0.216. The van der Waals surface area contributed by atoms with Crippen molar-refractivity contribution in [1.82, 2.24) is 9.88 Å². The number of hydrogen-bond donors (Lipinski definition) is 1. The Morgan fingerprint density at radius 3 is 2.69 bits per heavy atom. The largest absolute Gasteiger partial charge is 0.337 e. The molecule has 0 bridgehead atoms. The minimum atomic E-state index is 0.0267. The Hall–Kier alpha value is -2.68. The second kappa shape index (κ2) is 10.5. The van der Waals surface area contributed by atoms with Crippen molar-refractivity contribution in [1.29, 1.82) is 0 Å². The highest BCUT2D eigenvalue weighted by Gasteiger charge is 2.28. The molecule has 180 valence electrons. The standard InChI is InChI=1S/C27H27N3O2S3/c1-17-9-11-19(12-10-17)33-15-5-8-24(32)29-27-25(26-28-21-6-3-4-7-22(21)34-26)20-13-14-30(18(2)31)16-23(20)35-27/h3-4,6-7,9-12H,5,8,13-16H2,1-2H3,(H,29,32). The molecule has 5 nitrogen and oxygen atoms in total. The Morgan fingerprint density at radius 2 is 1.91 bits per heavy atom. The fourth-order valence-corrected chi connectivity index (χ4v) is 7.46. The van der Waals surface area contributed by atoms with Gasteiger partial charge in [0.15, 0.2) is 0 Å². The Balaban J connectivity index is 1.33. The van der Waals surface area contributed by atoms with Crippen LogP contribution in [0.4, 0.5) is 5.00 Å². The monoisotopic (exact) mass is 521 g/mol. The maximum atomic E-state index is 12.9. The number of thioether (sulfide) groups is 1. The summed E-state index contributed by atoms with van der Waals surface area (Å²) in [6.07, 6.45) is 2.06. The molecule has 0 radical (unpaired) electrons. The number of hydrogen-bond acceptors (Lipinski definition) is 6. The van der Waals surface area contributed by atoms with E-state index in [1.807, 2.05) is 23.1 Å². The van der Waals surface area contributed by atoms with E-state index in [4.69, 9.17) is 4.98 Å². The average molecular weight is 522 g/mol. The minimum Gasteiger partial charge on any atom is -0.337 e. The predicted octanol–water partition coefficient (Wildman–Crippen LogP) is 6.75. The van der Waals surface area contributed by atoms with Gasteiger partial charge in [0.05, 0.1) is 16.8 Å². The maximum Gasteiger partial charge on any atom is 0.225 e. The van der Waals surface area contributed by atoms with E-state index >= 15 is 0 Å². The zero-order valence-electron chi connectivity index (χ0n) is 19.8. The lowest BCUT2D eigenvalue weighted by Gasteiger charge is -2.26. The third-order valence-corrected chi connectivity index (χ3v) is 9.39. The van der Waals surface area contributed by atoms with Gasteiger partial charge in [0, 0.05) is 35.2 Å². The first-order valence-electron chi connectivity index (χ1n) is 11.7. The van der Waals surface area contributed by atoms with Crippen molar-refractivity contribution in [3.63, 3.8) is 0 Å². The lowest BCUT2D eigenvalue weighted by atomic mass is 10.0. The molecule has 0 saturated carbocycles. The van der Waals surface area contributed by atoms with Crippen LogP contribution in [0.25, 0.3) is 20.8 Å². The summed E-state index contributed by atoms with van der Waals surface area (Å²) in [5.74, 6) is 1.01. The van der Waals surface area contributed by atoms with Gasteiger partial charge >= 0.3 is 0 Å². The van der Waals surface area contributed by atoms with Crippen molar-refractivity contribution in [3.05, 3.63) is 64.5 Å². The molecule has 2 aromatic carbocycles. The second-order valence-electron chi connectivity index (χ2n) is 8.70. The van der Waals surface area contributed by atoms with Crippen molar-refractivity contribution in [2.75, 3.05) is 17.6 Å². The maximum absolute atomic E-state index is 12.9. The lowest BCUT2D eigenvalue weighted by molar-refractivity contribution is -0.129. The number of nitrogens with one attached hydrogen (secondary N) is 1. The number of carbonyl (C=O) groups excluding carboxylic acids is 2. The molecule has 0 aliphatic carbocycles. The number of amides is 2. The molecular formula is C27H27N3O2S3. The van der Waals surface area contributed by atoms with Crippen molar-refractivity contribution < 1.29 is 9.59 Å². The Labute approximate surface area is 217 Å². The van der Waals surface area contributed by atoms with E-state index < -0.39 is 0 Å². The third kappa shape index (κ3) is 5.44. The number of rotatable bonds is 7. The van der Waals surface area contributed by atoms with Crippen LogP contribution in [-0.2, 0) is 22.6 Å². The minimum absolute atomic E-state index is 0.0267. The number of para-hydroxylation sites is 1. The summed E-state index contributed by atoms with van der Waals surface area (Å²) in [4.78, 5) is 34.0. The number of thiazole rings is 1. The van der Waals surface area contributed by atoms with E-state index in [1.54, 1.807) is 41.4 Å². The van der Waals surface area contributed by atoms with E-state index in [-0.39, 0.29) is 11.8 Å². The summed E-state index contributed by atoms with van der Waals surface area (Å²) < 4.78 is 1.13. The third-order valence-electron chi connectivity index (χ3n) is 6.10. The number of fused-ring (bicyclic) bond motifs is 2. The van der Waals surface area contributed by atoms with Crippen molar-refractivity contribution in [3.8, 4) is 10.6 Å². The van der Waals surface area contributed by atoms with Crippen LogP contribution in [0.5, 0.6) is 0 Å². The van der Waals surface area contributed by atoms with Crippen LogP contribution in [0.1, 0.15) is 35.8 Å². The summed E-state index contributed by atoms with van der Waals surface area (Å²) in [7, 11) is 0. The number of aryl methyl sites for hydroxylation is 1. The van der Waals surface area contributed by atoms with Crippen molar-refractivity contribution in [2.24, 2.45) is 0 Å². The van der Waals surface area contributed by atoms with Gasteiger partial charge in [-0.1, -0.05) is 29.8 Å². The highest BCUT2D eigenvalue weighted by molar-refractivity contribution is 7.99.